The van der Waals surface area contributed by atoms with E-state index in [1.807, 2.05) is 0 Å². The summed E-state index contributed by atoms with van der Waals surface area (Å²) in [6.45, 7) is -3.55. The second kappa shape index (κ2) is 5.73. The molecule has 0 heterocycles. The lowest BCUT2D eigenvalue weighted by Gasteiger charge is -2.15. The second-order valence-corrected chi connectivity index (χ2v) is 3.38. The van der Waals surface area contributed by atoms with Crippen molar-refractivity contribution < 1.29 is 36.2 Å². The highest BCUT2D eigenvalue weighted by Crippen LogP contribution is 2.39. The molecule has 0 saturated carbocycles. The molecule has 0 aromatic heterocycles. The van der Waals surface area contributed by atoms with Crippen molar-refractivity contribution in [3.8, 4) is 11.8 Å². The number of alkyl halides is 5. The molecule has 0 N–H and O–H groups in total. The Kier molecular flexibility index (Phi) is 4.49. The van der Waals surface area contributed by atoms with Gasteiger partial charge < -0.3 is 9.47 Å². The van der Waals surface area contributed by atoms with Gasteiger partial charge in [-0.15, -0.1) is 0 Å². The number of nitriles is 1. The molecular weight excluding hydrogens is 289 g/mol. The van der Waals surface area contributed by atoms with E-state index in [-0.39, 0.29) is 6.07 Å². The first-order chi connectivity index (χ1) is 9.20. The number of carbonyl (C=O) groups excluding carboxylic acids is 1. The van der Waals surface area contributed by atoms with Gasteiger partial charge in [0, 0.05) is 0 Å². The van der Waals surface area contributed by atoms with Crippen LogP contribution in [0.4, 0.5) is 22.0 Å². The van der Waals surface area contributed by atoms with E-state index in [1.165, 1.54) is 6.07 Å². The molecule has 4 nitrogen and oxygen atoms in total. The summed E-state index contributed by atoms with van der Waals surface area (Å²) in [5.41, 5.74) is -3.10. The Bertz CT molecular complexity index is 562. The quantitative estimate of drug-likeness (QED) is 0.635. The topological polar surface area (TPSA) is 59.3 Å². The van der Waals surface area contributed by atoms with Crippen molar-refractivity contribution in [1.82, 2.24) is 0 Å². The Labute approximate surface area is 109 Å². The van der Waals surface area contributed by atoms with Crippen LogP contribution in [-0.2, 0) is 10.9 Å². The summed E-state index contributed by atoms with van der Waals surface area (Å²) in [5, 5.41) is 8.71. The summed E-state index contributed by atoms with van der Waals surface area (Å²) in [6, 6.07) is 2.23. The van der Waals surface area contributed by atoms with Crippen molar-refractivity contribution in [3.05, 3.63) is 28.8 Å². The van der Waals surface area contributed by atoms with Crippen LogP contribution in [0.5, 0.6) is 5.75 Å². The van der Waals surface area contributed by atoms with Crippen molar-refractivity contribution in [3.63, 3.8) is 0 Å². The van der Waals surface area contributed by atoms with Crippen LogP contribution in [0.15, 0.2) is 12.1 Å². The maximum atomic E-state index is 12.8. The van der Waals surface area contributed by atoms with Gasteiger partial charge in [0.05, 0.1) is 23.8 Å². The molecule has 0 unspecified atom stereocenters. The monoisotopic (exact) mass is 295 g/mol. The molecule has 0 aliphatic heterocycles. The summed E-state index contributed by atoms with van der Waals surface area (Å²) in [5.74, 6) is -2.47. The van der Waals surface area contributed by atoms with E-state index in [0.717, 1.165) is 7.11 Å². The number of hydrogen-bond donors (Lipinski definition) is 0. The number of nitrogens with zero attached hydrogens (tertiary/aromatic N) is 1. The number of methoxy groups -OCH3 is 1. The first-order valence-electron chi connectivity index (χ1n) is 4.89. The smallest absolute Gasteiger partial charge is 0.420 e. The lowest BCUT2D eigenvalue weighted by Crippen LogP contribution is -2.15. The number of rotatable bonds is 3. The molecule has 0 saturated heterocycles. The third kappa shape index (κ3) is 3.34. The van der Waals surface area contributed by atoms with Gasteiger partial charge in [-0.2, -0.15) is 27.2 Å². The van der Waals surface area contributed by atoms with Gasteiger partial charge in [0.1, 0.15) is 6.07 Å². The maximum absolute atomic E-state index is 12.8. The Morgan fingerprint density at radius 1 is 1.35 bits per heavy atom. The highest BCUT2D eigenvalue weighted by Gasteiger charge is 2.37. The van der Waals surface area contributed by atoms with Gasteiger partial charge >= 0.3 is 18.8 Å². The molecule has 0 atom stereocenters. The van der Waals surface area contributed by atoms with E-state index < -0.39 is 41.2 Å². The van der Waals surface area contributed by atoms with Gasteiger partial charge in [-0.05, 0) is 12.1 Å². The average Bonchev–Trinajstić information content (AvgIpc) is 2.35. The predicted octanol–water partition coefficient (Wildman–Crippen LogP) is 2.97. The molecule has 0 radical (unpaired) electrons. The molecule has 9 heteroatoms. The normalized spacial score (nSPS) is 11.1. The third-order valence-electron chi connectivity index (χ3n) is 2.14. The maximum Gasteiger partial charge on any atom is 0.420 e. The van der Waals surface area contributed by atoms with Crippen LogP contribution in [-0.4, -0.2) is 19.7 Å². The fraction of sp³-hybridized carbons (Fsp3) is 0.273. The zero-order valence-electron chi connectivity index (χ0n) is 9.79. The SMILES string of the molecule is COC(=O)c1cc(C#N)c(OC(F)F)c(C(F)(F)F)c1. The number of hydrogen-bond acceptors (Lipinski definition) is 4. The summed E-state index contributed by atoms with van der Waals surface area (Å²) < 4.78 is 70.6. The molecule has 20 heavy (non-hydrogen) atoms. The van der Waals surface area contributed by atoms with Crippen LogP contribution in [0, 0.1) is 11.3 Å². The summed E-state index contributed by atoms with van der Waals surface area (Å²) in [7, 11) is 0.922. The van der Waals surface area contributed by atoms with Crippen LogP contribution in [0.25, 0.3) is 0 Å². The van der Waals surface area contributed by atoms with Crippen LogP contribution in [0.2, 0.25) is 0 Å². The molecule has 0 aliphatic carbocycles. The van der Waals surface area contributed by atoms with Gasteiger partial charge in [0.25, 0.3) is 0 Å². The minimum absolute atomic E-state index is 0.282. The number of carbonyl (C=O) groups is 1. The summed E-state index contributed by atoms with van der Waals surface area (Å²) in [4.78, 5) is 11.2. The zero-order chi connectivity index (χ0) is 15.5. The van der Waals surface area contributed by atoms with Crippen LogP contribution >= 0.6 is 0 Å². The van der Waals surface area contributed by atoms with Gasteiger partial charge in [-0.25, -0.2) is 4.79 Å². The van der Waals surface area contributed by atoms with Crippen molar-refractivity contribution in [1.29, 1.82) is 5.26 Å². The first-order valence-corrected chi connectivity index (χ1v) is 4.89. The van der Waals surface area contributed by atoms with E-state index in [9.17, 15) is 26.7 Å². The summed E-state index contributed by atoms with van der Waals surface area (Å²) in [6.07, 6.45) is -5.08. The molecule has 1 rings (SSSR count). The number of ether oxygens (including phenoxy) is 2. The van der Waals surface area contributed by atoms with E-state index in [2.05, 4.69) is 9.47 Å². The van der Waals surface area contributed by atoms with E-state index in [4.69, 9.17) is 5.26 Å². The Morgan fingerprint density at radius 2 is 1.95 bits per heavy atom. The number of benzene rings is 1. The van der Waals surface area contributed by atoms with E-state index in [0.29, 0.717) is 6.07 Å². The van der Waals surface area contributed by atoms with Crippen molar-refractivity contribution in [2.24, 2.45) is 0 Å². The van der Waals surface area contributed by atoms with Crippen molar-refractivity contribution in [2.75, 3.05) is 7.11 Å². The molecule has 0 fully saturated rings. The molecule has 0 aliphatic rings. The van der Waals surface area contributed by atoms with Crippen LogP contribution in [0.3, 0.4) is 0 Å². The fourth-order valence-corrected chi connectivity index (χ4v) is 1.37. The number of halogens is 5. The zero-order valence-corrected chi connectivity index (χ0v) is 9.79. The molecule has 1 aromatic carbocycles. The van der Waals surface area contributed by atoms with Gasteiger partial charge in [0.2, 0.25) is 0 Å². The Hall–Kier alpha value is -2.37. The predicted molar refractivity (Wildman–Crippen MR) is 54.1 cm³/mol. The highest BCUT2D eigenvalue weighted by atomic mass is 19.4. The van der Waals surface area contributed by atoms with Gasteiger partial charge in [-0.3, -0.25) is 0 Å². The summed E-state index contributed by atoms with van der Waals surface area (Å²) >= 11 is 0. The van der Waals surface area contributed by atoms with E-state index >= 15 is 0 Å². The molecule has 0 spiro atoms. The number of esters is 1. The second-order valence-electron chi connectivity index (χ2n) is 3.38. The first kappa shape index (κ1) is 15.7. The van der Waals surface area contributed by atoms with Gasteiger partial charge in [-0.1, -0.05) is 0 Å². The largest absolute Gasteiger partial charge is 0.465 e. The highest BCUT2D eigenvalue weighted by molar-refractivity contribution is 5.90. The fourth-order valence-electron chi connectivity index (χ4n) is 1.37. The van der Waals surface area contributed by atoms with Crippen molar-refractivity contribution >= 4 is 5.97 Å². The van der Waals surface area contributed by atoms with Crippen LogP contribution < -0.4 is 4.74 Å². The molecule has 108 valence electrons. The molecule has 0 bridgehead atoms. The minimum atomic E-state index is -5.08. The molecule has 0 amide bonds. The Morgan fingerprint density at radius 3 is 2.35 bits per heavy atom. The molecule has 1 aromatic rings. The van der Waals surface area contributed by atoms with Crippen molar-refractivity contribution in [2.45, 2.75) is 12.8 Å². The van der Waals surface area contributed by atoms with E-state index in [1.54, 1.807) is 0 Å². The standard InChI is InChI=1S/C11H6F5NO3/c1-19-9(18)5-2-6(4-17)8(20-10(12)13)7(3-5)11(14,15)16/h2-3,10H,1H3. The third-order valence-corrected chi connectivity index (χ3v) is 2.14. The Balaban J connectivity index is 3.57. The molecular formula is C11H6F5NO3. The average molecular weight is 295 g/mol. The minimum Gasteiger partial charge on any atom is -0.465 e. The van der Waals surface area contributed by atoms with Crippen LogP contribution in [0.1, 0.15) is 21.5 Å². The lowest BCUT2D eigenvalue weighted by atomic mass is 10.0. The lowest BCUT2D eigenvalue weighted by molar-refractivity contribution is -0.141. The van der Waals surface area contributed by atoms with Gasteiger partial charge in [0.15, 0.2) is 5.75 Å².